The van der Waals surface area contributed by atoms with Gasteiger partial charge in [0.25, 0.3) is 5.56 Å². The van der Waals surface area contributed by atoms with Crippen LogP contribution in [0.25, 0.3) is 11.2 Å². The molecule has 9 nitrogen and oxygen atoms in total. The molecule has 0 aliphatic heterocycles. The molecule has 2 aromatic heterocycles. The van der Waals surface area contributed by atoms with Crippen LogP contribution in [0, 0.1) is 5.92 Å². The van der Waals surface area contributed by atoms with Crippen molar-refractivity contribution in [1.29, 1.82) is 0 Å². The summed E-state index contributed by atoms with van der Waals surface area (Å²) in [6.45, 7) is 3.40. The Labute approximate surface area is 163 Å². The van der Waals surface area contributed by atoms with E-state index in [-0.39, 0.29) is 23.8 Å². The Balaban J connectivity index is 2.30. The quantitative estimate of drug-likeness (QED) is 0.535. The van der Waals surface area contributed by atoms with E-state index in [2.05, 4.69) is 9.72 Å². The van der Waals surface area contributed by atoms with Crippen LogP contribution in [0.15, 0.2) is 15.9 Å². The fourth-order valence-corrected chi connectivity index (χ4v) is 2.40. The first kappa shape index (κ1) is 20.6. The summed E-state index contributed by atoms with van der Waals surface area (Å²) in [6.07, 6.45) is 0.218. The van der Waals surface area contributed by atoms with Crippen molar-refractivity contribution in [2.24, 2.45) is 13.0 Å². The number of ether oxygens (including phenoxy) is 2. The van der Waals surface area contributed by atoms with E-state index in [4.69, 9.17) is 39.5 Å². The van der Waals surface area contributed by atoms with Crippen molar-refractivity contribution in [3.05, 3.63) is 27.2 Å². The third-order valence-corrected chi connectivity index (χ3v) is 3.65. The summed E-state index contributed by atoms with van der Waals surface area (Å²) in [4.78, 5) is 40.4. The highest BCUT2D eigenvalue weighted by molar-refractivity contribution is 6.67. The van der Waals surface area contributed by atoms with Crippen LogP contribution in [0.2, 0.25) is 0 Å². The number of nitrogens with zero attached hydrogens (tertiary/aromatic N) is 4. The number of hydrogen-bond donors (Lipinski definition) is 0. The van der Waals surface area contributed by atoms with E-state index in [1.165, 1.54) is 22.5 Å². The Hall–Kier alpha value is -1.71. The molecular formula is C14H17Cl3N4O5. The van der Waals surface area contributed by atoms with Gasteiger partial charge in [-0.25, -0.2) is 14.6 Å². The van der Waals surface area contributed by atoms with Gasteiger partial charge >= 0.3 is 11.8 Å². The minimum atomic E-state index is -1.76. The van der Waals surface area contributed by atoms with Crippen LogP contribution in [0.1, 0.15) is 13.8 Å². The first-order chi connectivity index (χ1) is 12.0. The lowest BCUT2D eigenvalue weighted by molar-refractivity contribution is 0.0359. The molecule has 2 rings (SSSR count). The predicted molar refractivity (Wildman–Crippen MR) is 96.8 cm³/mol. The second kappa shape index (κ2) is 7.89. The third kappa shape index (κ3) is 4.72. The summed E-state index contributed by atoms with van der Waals surface area (Å²) in [7, 11) is 1.37. The van der Waals surface area contributed by atoms with Gasteiger partial charge in [-0.1, -0.05) is 48.7 Å². The molecule has 0 N–H and O–H groups in total. The maximum absolute atomic E-state index is 12.4. The molecule has 0 unspecified atom stereocenters. The molecule has 0 atom stereocenters. The highest BCUT2D eigenvalue weighted by Gasteiger charge is 2.23. The number of carbonyl (C=O) groups is 1. The second-order valence-corrected chi connectivity index (χ2v) is 8.48. The van der Waals surface area contributed by atoms with Crippen molar-refractivity contribution >= 4 is 52.1 Å². The molecule has 0 radical (unpaired) electrons. The Morgan fingerprint density at radius 1 is 1.27 bits per heavy atom. The molecular weight excluding hydrogens is 411 g/mol. The number of rotatable bonds is 5. The Kier molecular flexibility index (Phi) is 6.25. The van der Waals surface area contributed by atoms with E-state index in [0.717, 1.165) is 4.57 Å². The molecule has 0 saturated carbocycles. The van der Waals surface area contributed by atoms with E-state index < -0.39 is 27.8 Å². The smallest absolute Gasteiger partial charge is 0.430 e. The van der Waals surface area contributed by atoms with Gasteiger partial charge in [-0.05, 0) is 5.92 Å². The summed E-state index contributed by atoms with van der Waals surface area (Å²) in [6, 6.07) is 0. The number of aromatic nitrogens is 4. The van der Waals surface area contributed by atoms with Gasteiger partial charge in [-0.3, -0.25) is 18.5 Å². The first-order valence-corrected chi connectivity index (χ1v) is 8.65. The number of alkyl halides is 3. The van der Waals surface area contributed by atoms with Crippen LogP contribution in [-0.2, 0) is 29.8 Å². The lowest BCUT2D eigenvalue weighted by Gasteiger charge is -2.13. The number of hydrogen-bond acceptors (Lipinski definition) is 6. The van der Waals surface area contributed by atoms with E-state index >= 15 is 0 Å². The third-order valence-electron chi connectivity index (χ3n) is 3.32. The first-order valence-electron chi connectivity index (χ1n) is 7.52. The Morgan fingerprint density at radius 3 is 2.50 bits per heavy atom. The van der Waals surface area contributed by atoms with E-state index in [1.807, 2.05) is 13.8 Å². The van der Waals surface area contributed by atoms with Crippen molar-refractivity contribution in [3.8, 4) is 0 Å². The standard InChI is InChI=1S/C14H17Cl3N4O5/c1-8(2)4-21-10-9(11(22)19(3)12(21)23)20(6-18-10)7-26-13(24)25-5-14(15,16)17/h6,8H,4-5,7H2,1-3H3. The number of fused-ring (bicyclic) bond motifs is 1. The zero-order valence-electron chi connectivity index (χ0n) is 14.2. The van der Waals surface area contributed by atoms with Gasteiger partial charge in [0.15, 0.2) is 17.9 Å². The van der Waals surface area contributed by atoms with Crippen LogP contribution in [-0.4, -0.2) is 35.2 Å². The molecule has 0 fully saturated rings. The van der Waals surface area contributed by atoms with Crippen LogP contribution >= 0.6 is 34.8 Å². The molecule has 144 valence electrons. The molecule has 0 aromatic carbocycles. The van der Waals surface area contributed by atoms with Gasteiger partial charge < -0.3 is 9.47 Å². The van der Waals surface area contributed by atoms with Gasteiger partial charge in [-0.15, -0.1) is 0 Å². The van der Waals surface area contributed by atoms with Crippen LogP contribution < -0.4 is 11.2 Å². The van der Waals surface area contributed by atoms with Gasteiger partial charge in [0.05, 0.1) is 0 Å². The van der Waals surface area contributed by atoms with Crippen molar-refractivity contribution in [2.75, 3.05) is 6.61 Å². The molecule has 2 heterocycles. The summed E-state index contributed by atoms with van der Waals surface area (Å²) in [5.41, 5.74) is -0.683. The Bertz CT molecular complexity index is 926. The van der Waals surface area contributed by atoms with Crippen LogP contribution in [0.3, 0.4) is 0 Å². The lowest BCUT2D eigenvalue weighted by atomic mass is 10.2. The van der Waals surface area contributed by atoms with E-state index in [0.29, 0.717) is 6.54 Å². The number of imidazole rings is 1. The van der Waals surface area contributed by atoms with Crippen LogP contribution in [0.5, 0.6) is 0 Å². The molecule has 0 bridgehead atoms. The van der Waals surface area contributed by atoms with Crippen molar-refractivity contribution in [3.63, 3.8) is 0 Å². The molecule has 0 amide bonds. The zero-order chi connectivity index (χ0) is 19.6. The van der Waals surface area contributed by atoms with Crippen molar-refractivity contribution in [1.82, 2.24) is 18.7 Å². The minimum Gasteiger partial charge on any atom is -0.430 e. The summed E-state index contributed by atoms with van der Waals surface area (Å²) in [5, 5.41) is 0. The minimum absolute atomic E-state index is 0.127. The summed E-state index contributed by atoms with van der Waals surface area (Å²) in [5.74, 6) is 0.159. The molecule has 0 aliphatic rings. The highest BCUT2D eigenvalue weighted by atomic mass is 35.6. The monoisotopic (exact) mass is 426 g/mol. The molecule has 0 saturated heterocycles. The maximum atomic E-state index is 12.4. The van der Waals surface area contributed by atoms with Crippen molar-refractivity contribution in [2.45, 2.75) is 30.9 Å². The molecule has 0 aliphatic carbocycles. The number of carbonyl (C=O) groups excluding carboxylic acids is 1. The van der Waals surface area contributed by atoms with Gasteiger partial charge in [0.1, 0.15) is 12.9 Å². The predicted octanol–water partition coefficient (Wildman–Crippen LogP) is 2.03. The second-order valence-electron chi connectivity index (χ2n) is 5.97. The largest absolute Gasteiger partial charge is 0.510 e. The van der Waals surface area contributed by atoms with E-state index in [9.17, 15) is 14.4 Å². The van der Waals surface area contributed by atoms with E-state index in [1.54, 1.807) is 0 Å². The normalized spacial score (nSPS) is 12.0. The fraction of sp³-hybridized carbons (Fsp3) is 0.571. The summed E-state index contributed by atoms with van der Waals surface area (Å²) >= 11 is 16.4. The topological polar surface area (TPSA) is 97.4 Å². The summed E-state index contributed by atoms with van der Waals surface area (Å²) < 4.78 is 11.4. The maximum Gasteiger partial charge on any atom is 0.510 e. The van der Waals surface area contributed by atoms with Gasteiger partial charge in [0, 0.05) is 13.6 Å². The Morgan fingerprint density at radius 2 is 1.92 bits per heavy atom. The average molecular weight is 428 g/mol. The lowest BCUT2D eigenvalue weighted by Crippen LogP contribution is -2.39. The van der Waals surface area contributed by atoms with Gasteiger partial charge in [0.2, 0.25) is 3.79 Å². The SMILES string of the molecule is CC(C)Cn1c(=O)n(C)c(=O)c2c1ncn2COC(=O)OCC(Cl)(Cl)Cl. The highest BCUT2D eigenvalue weighted by Crippen LogP contribution is 2.26. The molecule has 26 heavy (non-hydrogen) atoms. The fourth-order valence-electron chi connectivity index (χ4n) is 2.24. The molecule has 2 aromatic rings. The average Bonchev–Trinajstić information content (AvgIpc) is 2.96. The molecule has 12 heteroatoms. The van der Waals surface area contributed by atoms with Crippen LogP contribution in [0.4, 0.5) is 4.79 Å². The zero-order valence-corrected chi connectivity index (χ0v) is 16.5. The van der Waals surface area contributed by atoms with Gasteiger partial charge in [-0.2, -0.15) is 0 Å². The van der Waals surface area contributed by atoms with Crippen molar-refractivity contribution < 1.29 is 14.3 Å². The molecule has 0 spiro atoms. The number of halogens is 3.